The van der Waals surface area contributed by atoms with Crippen molar-refractivity contribution in [3.05, 3.63) is 0 Å². The molecule has 1 atom stereocenters. The van der Waals surface area contributed by atoms with E-state index in [1.54, 1.807) is 0 Å². The molecule has 0 spiro atoms. The molecule has 1 unspecified atom stereocenters. The van der Waals surface area contributed by atoms with Crippen LogP contribution in [-0.4, -0.2) is 16.9 Å². The number of halogens is 2. The second-order valence-electron chi connectivity index (χ2n) is 2.40. The second-order valence-corrected chi connectivity index (χ2v) is 3.56. The first-order valence-corrected chi connectivity index (χ1v) is 4.09. The van der Waals surface area contributed by atoms with E-state index in [-0.39, 0.29) is 12.1 Å². The van der Waals surface area contributed by atoms with E-state index in [1.165, 1.54) is 0 Å². The van der Waals surface area contributed by atoms with Gasteiger partial charge < -0.3 is 0 Å². The highest BCUT2D eigenvalue weighted by Gasteiger charge is 2.08. The lowest BCUT2D eigenvalue weighted by Gasteiger charge is -2.04. The fourth-order valence-corrected chi connectivity index (χ4v) is 0.390. The van der Waals surface area contributed by atoms with Gasteiger partial charge in [-0.25, -0.2) is 0 Å². The first-order valence-electron chi connectivity index (χ1n) is 3.22. The van der Waals surface area contributed by atoms with E-state index < -0.39 is 4.84 Å². The van der Waals surface area contributed by atoms with Crippen LogP contribution in [0.3, 0.4) is 0 Å². The Labute approximate surface area is 71.6 Å². The van der Waals surface area contributed by atoms with E-state index in [9.17, 15) is 0 Å². The normalized spacial score (nSPS) is 15.5. The summed E-state index contributed by atoms with van der Waals surface area (Å²) in [6, 6.07) is 0.111. The Bertz CT molecular complexity index is 112. The van der Waals surface area contributed by atoms with Crippen LogP contribution in [-0.2, 0) is 0 Å². The van der Waals surface area contributed by atoms with Crippen LogP contribution >= 0.6 is 23.2 Å². The van der Waals surface area contributed by atoms with Crippen molar-refractivity contribution in [1.29, 1.82) is 0 Å². The number of hydrogen-bond acceptors (Lipinski definition) is 2. The number of alkyl halides is 2. The quantitative estimate of drug-likeness (QED) is 0.474. The fourth-order valence-electron chi connectivity index (χ4n) is 0.289. The summed E-state index contributed by atoms with van der Waals surface area (Å²) in [5, 5.41) is 7.79. The summed E-state index contributed by atoms with van der Waals surface area (Å²) in [6.45, 7) is 5.73. The number of nitrogens with zero attached hydrogens (tertiary/aromatic N) is 2. The van der Waals surface area contributed by atoms with Crippen molar-refractivity contribution < 1.29 is 0 Å². The van der Waals surface area contributed by atoms with E-state index in [0.29, 0.717) is 0 Å². The van der Waals surface area contributed by atoms with E-state index in [4.69, 9.17) is 23.2 Å². The summed E-state index contributed by atoms with van der Waals surface area (Å²) in [7, 11) is 0. The molecule has 0 aliphatic carbocycles. The molecule has 0 saturated heterocycles. The van der Waals surface area contributed by atoms with Crippen LogP contribution in [0.25, 0.3) is 0 Å². The molecule has 60 valence electrons. The largest absolute Gasteiger partial charge is 0.191 e. The maximum atomic E-state index is 5.52. The Morgan fingerprint density at radius 2 is 1.50 bits per heavy atom. The van der Waals surface area contributed by atoms with Gasteiger partial charge in [-0.3, -0.25) is 0 Å². The molecule has 0 aromatic rings. The van der Waals surface area contributed by atoms with Crippen molar-refractivity contribution in [2.45, 2.75) is 37.7 Å². The Hall–Kier alpha value is 0.180. The lowest BCUT2D eigenvalue weighted by Crippen LogP contribution is -2.07. The Morgan fingerprint density at radius 3 is 1.80 bits per heavy atom. The molecule has 0 saturated carbocycles. The van der Waals surface area contributed by atoms with Crippen molar-refractivity contribution in [2.75, 3.05) is 0 Å². The van der Waals surface area contributed by atoms with Crippen molar-refractivity contribution >= 4 is 23.2 Å². The smallest absolute Gasteiger partial charge is 0.131 e. The first-order chi connectivity index (χ1) is 4.54. The molecule has 0 aromatic heterocycles. The molecular weight excluding hydrogens is 171 g/mol. The molecule has 2 nitrogen and oxygen atoms in total. The molecule has 10 heavy (non-hydrogen) atoms. The lowest BCUT2D eigenvalue weighted by atomic mass is 10.4. The predicted octanol–water partition coefficient (Wildman–Crippen LogP) is 3.04. The minimum atomic E-state index is -0.456. The summed E-state index contributed by atoms with van der Waals surface area (Å²) in [5.74, 6) is 0. The predicted molar refractivity (Wildman–Crippen MR) is 44.9 cm³/mol. The summed E-state index contributed by atoms with van der Waals surface area (Å²) < 4.78 is 0. The summed E-state index contributed by atoms with van der Waals surface area (Å²) in [6.07, 6.45) is 0. The van der Waals surface area contributed by atoms with Crippen LogP contribution in [0, 0.1) is 0 Å². The maximum Gasteiger partial charge on any atom is 0.131 e. The minimum Gasteiger partial charge on any atom is -0.191 e. The topological polar surface area (TPSA) is 24.7 Å². The Balaban J connectivity index is 3.66. The maximum absolute atomic E-state index is 5.52. The van der Waals surface area contributed by atoms with E-state index in [0.717, 1.165) is 0 Å². The molecule has 0 aromatic carbocycles. The first kappa shape index (κ1) is 10.2. The van der Waals surface area contributed by atoms with E-state index >= 15 is 0 Å². The molecule has 0 bridgehead atoms. The highest BCUT2D eigenvalue weighted by Crippen LogP contribution is 2.11. The molecule has 4 heteroatoms. The van der Waals surface area contributed by atoms with Crippen LogP contribution < -0.4 is 0 Å². The molecule has 0 aliphatic heterocycles. The van der Waals surface area contributed by atoms with Gasteiger partial charge in [0.1, 0.15) is 4.84 Å². The van der Waals surface area contributed by atoms with Gasteiger partial charge in [0.2, 0.25) is 0 Å². The average Bonchev–Trinajstić information content (AvgIpc) is 1.82. The molecule has 0 N–H and O–H groups in total. The van der Waals surface area contributed by atoms with Crippen molar-refractivity contribution in [1.82, 2.24) is 0 Å². The fraction of sp³-hybridized carbons (Fsp3) is 1.00. The molecular formula is C6H12Cl2N2. The summed E-state index contributed by atoms with van der Waals surface area (Å²) in [4.78, 5) is -0.456. The van der Waals surface area contributed by atoms with Crippen LogP contribution in [0.5, 0.6) is 0 Å². The Kier molecular flexibility index (Phi) is 5.00. The van der Waals surface area contributed by atoms with Gasteiger partial charge >= 0.3 is 0 Å². The number of rotatable bonds is 3. The van der Waals surface area contributed by atoms with Gasteiger partial charge in [0.05, 0.1) is 12.1 Å². The third-order valence-corrected chi connectivity index (χ3v) is 1.57. The van der Waals surface area contributed by atoms with Gasteiger partial charge in [0.15, 0.2) is 0 Å². The van der Waals surface area contributed by atoms with Crippen LogP contribution in [0.4, 0.5) is 0 Å². The van der Waals surface area contributed by atoms with Gasteiger partial charge in [0.25, 0.3) is 0 Å². The third-order valence-electron chi connectivity index (χ3n) is 0.844. The molecule has 0 fully saturated rings. The van der Waals surface area contributed by atoms with Gasteiger partial charge in [-0.1, -0.05) is 0 Å². The lowest BCUT2D eigenvalue weighted by molar-refractivity contribution is 0.668. The number of hydrogen-bond donors (Lipinski definition) is 0. The van der Waals surface area contributed by atoms with Gasteiger partial charge in [-0.15, -0.1) is 23.2 Å². The molecule has 0 radical (unpaired) electrons. The zero-order valence-electron chi connectivity index (χ0n) is 6.38. The van der Waals surface area contributed by atoms with Crippen LogP contribution in [0.2, 0.25) is 0 Å². The average molecular weight is 183 g/mol. The van der Waals surface area contributed by atoms with Crippen LogP contribution in [0.1, 0.15) is 20.8 Å². The zero-order valence-corrected chi connectivity index (χ0v) is 7.89. The highest BCUT2D eigenvalue weighted by molar-refractivity contribution is 6.44. The van der Waals surface area contributed by atoms with Crippen molar-refractivity contribution in [3.63, 3.8) is 0 Å². The molecule has 0 amide bonds. The highest BCUT2D eigenvalue weighted by atomic mass is 35.5. The van der Waals surface area contributed by atoms with E-state index in [2.05, 4.69) is 10.2 Å². The van der Waals surface area contributed by atoms with Crippen LogP contribution in [0.15, 0.2) is 10.2 Å². The van der Waals surface area contributed by atoms with Gasteiger partial charge in [-0.2, -0.15) is 10.2 Å². The summed E-state index contributed by atoms with van der Waals surface area (Å²) >= 11 is 11.0. The van der Waals surface area contributed by atoms with Crippen molar-refractivity contribution in [2.24, 2.45) is 10.2 Å². The SMILES string of the molecule is CC(C)/N=N/C(C)C(Cl)Cl. The number of azo groups is 1. The Morgan fingerprint density at radius 1 is 1.00 bits per heavy atom. The van der Waals surface area contributed by atoms with Gasteiger partial charge in [0, 0.05) is 0 Å². The second kappa shape index (κ2) is 4.91. The summed E-state index contributed by atoms with van der Waals surface area (Å²) in [5.41, 5.74) is 0. The third kappa shape index (κ3) is 5.00. The standard InChI is InChI=1S/C6H12Cl2N2/c1-4(2)9-10-5(3)6(7)8/h4-6H,1-3H3/b10-9+. The minimum absolute atomic E-state index is 0.106. The molecule has 0 rings (SSSR count). The van der Waals surface area contributed by atoms with Crippen molar-refractivity contribution in [3.8, 4) is 0 Å². The molecule has 0 aliphatic rings. The van der Waals surface area contributed by atoms with Gasteiger partial charge in [-0.05, 0) is 20.8 Å². The molecule has 0 heterocycles. The van der Waals surface area contributed by atoms with E-state index in [1.807, 2.05) is 20.8 Å². The monoisotopic (exact) mass is 182 g/mol. The zero-order chi connectivity index (χ0) is 8.15.